The normalized spacial score (nSPS) is 20.8. The third-order valence-electron chi connectivity index (χ3n) is 7.01. The zero-order valence-electron chi connectivity index (χ0n) is 20.3. The number of carbonyl (C=O) groups excluding carboxylic acids is 2. The Kier molecular flexibility index (Phi) is 6.03. The number of amides is 2. The molecule has 2 aromatic rings. The van der Waals surface area contributed by atoms with Gasteiger partial charge in [0, 0.05) is 63.1 Å². The molecule has 1 N–H and O–H groups in total. The first-order chi connectivity index (χ1) is 15.7. The van der Waals surface area contributed by atoms with Crippen LogP contribution in [0.4, 0.5) is 17.3 Å². The number of carbonyl (C=O) groups is 2. The monoisotopic (exact) mass is 450 g/mol. The molecule has 1 spiro atoms. The van der Waals surface area contributed by atoms with Crippen LogP contribution in [0.5, 0.6) is 0 Å². The van der Waals surface area contributed by atoms with E-state index in [-0.39, 0.29) is 17.2 Å². The zero-order chi connectivity index (χ0) is 23.8. The molecule has 1 aliphatic carbocycles. The minimum absolute atomic E-state index is 0.0636. The van der Waals surface area contributed by atoms with Gasteiger partial charge in [0.15, 0.2) is 0 Å². The maximum Gasteiger partial charge on any atom is 0.250 e. The number of anilines is 3. The van der Waals surface area contributed by atoms with Gasteiger partial charge in [-0.15, -0.1) is 0 Å². The first-order valence-electron chi connectivity index (χ1n) is 11.7. The number of hydrogen-bond acceptors (Lipinski definition) is 6. The van der Waals surface area contributed by atoms with Crippen LogP contribution in [0.3, 0.4) is 0 Å². The van der Waals surface area contributed by atoms with Crippen molar-refractivity contribution < 1.29 is 9.59 Å². The van der Waals surface area contributed by atoms with Crippen LogP contribution in [0.1, 0.15) is 45.6 Å². The van der Waals surface area contributed by atoms with E-state index in [1.165, 1.54) is 0 Å². The number of aromatic nitrogens is 2. The number of likely N-dealkylation sites (tertiary alicyclic amines) is 1. The van der Waals surface area contributed by atoms with Crippen LogP contribution in [-0.4, -0.2) is 59.4 Å². The topological polar surface area (TPSA) is 81.7 Å². The van der Waals surface area contributed by atoms with Gasteiger partial charge in [-0.05, 0) is 64.3 Å². The summed E-state index contributed by atoms with van der Waals surface area (Å²) >= 11 is 0. The van der Waals surface area contributed by atoms with Gasteiger partial charge in [-0.1, -0.05) is 0 Å². The Hall–Kier alpha value is -3.16. The van der Waals surface area contributed by atoms with Crippen molar-refractivity contribution in [2.75, 3.05) is 42.3 Å². The maximum absolute atomic E-state index is 13.5. The van der Waals surface area contributed by atoms with Crippen molar-refractivity contribution in [2.45, 2.75) is 52.1 Å². The second-order valence-electron chi connectivity index (χ2n) is 9.58. The fraction of sp³-hybridized carbons (Fsp3) is 0.520. The summed E-state index contributed by atoms with van der Waals surface area (Å²) in [5, 5.41) is 3.06. The molecule has 4 rings (SSSR count). The second kappa shape index (κ2) is 8.65. The molecule has 1 aromatic carbocycles. The summed E-state index contributed by atoms with van der Waals surface area (Å²) in [4.78, 5) is 41.4. The van der Waals surface area contributed by atoms with Crippen molar-refractivity contribution in [2.24, 2.45) is 5.41 Å². The van der Waals surface area contributed by atoms with Crippen LogP contribution in [0.2, 0.25) is 0 Å². The molecule has 176 valence electrons. The van der Waals surface area contributed by atoms with Crippen LogP contribution in [0, 0.1) is 5.41 Å². The van der Waals surface area contributed by atoms with Gasteiger partial charge < -0.3 is 20.0 Å². The summed E-state index contributed by atoms with van der Waals surface area (Å²) < 4.78 is 0. The third-order valence-corrected chi connectivity index (χ3v) is 7.01. The molecule has 2 heterocycles. The second-order valence-corrected chi connectivity index (χ2v) is 9.58. The van der Waals surface area contributed by atoms with Gasteiger partial charge in [0.25, 0.3) is 0 Å². The molecular weight excluding hydrogens is 416 g/mol. The summed E-state index contributed by atoms with van der Waals surface area (Å²) in [5.74, 6) is 0.522. The molecule has 1 saturated carbocycles. The molecule has 33 heavy (non-hydrogen) atoms. The van der Waals surface area contributed by atoms with Crippen LogP contribution < -0.4 is 15.1 Å². The van der Waals surface area contributed by atoms with Crippen LogP contribution in [-0.2, 0) is 16.1 Å². The minimum Gasteiger partial charge on any atom is -0.372 e. The first kappa shape index (κ1) is 23.0. The van der Waals surface area contributed by atoms with Crippen LogP contribution >= 0.6 is 0 Å². The summed E-state index contributed by atoms with van der Waals surface area (Å²) in [6, 6.07) is 7.90. The third kappa shape index (κ3) is 4.26. The number of rotatable bonds is 8. The highest BCUT2D eigenvalue weighted by atomic mass is 16.2. The van der Waals surface area contributed by atoms with E-state index in [1.54, 1.807) is 17.3 Å². The van der Waals surface area contributed by atoms with Gasteiger partial charge in [0.2, 0.25) is 17.8 Å². The van der Waals surface area contributed by atoms with Crippen molar-refractivity contribution >= 4 is 29.1 Å². The van der Waals surface area contributed by atoms with E-state index in [1.807, 2.05) is 50.2 Å². The Morgan fingerprint density at radius 2 is 1.70 bits per heavy atom. The number of benzene rings is 1. The van der Waals surface area contributed by atoms with E-state index in [4.69, 9.17) is 0 Å². The standard InChI is InChI=1S/C25H34N6O2/c1-6-30(7-2)20-10-8-19(9-11-20)28-21(32)24(3)17-25(12-13-25)22(33)31(24)16-18-14-26-23(27-15-18)29(4)5/h8-11,14-15H,6-7,12-13,16-17H2,1-5H3,(H,28,32). The molecule has 0 bridgehead atoms. The van der Waals surface area contributed by atoms with Crippen LogP contribution in [0.25, 0.3) is 0 Å². The van der Waals surface area contributed by atoms with E-state index in [2.05, 4.69) is 34.0 Å². The average Bonchev–Trinajstić information content (AvgIpc) is 3.55. The quantitative estimate of drug-likeness (QED) is 0.665. The summed E-state index contributed by atoms with van der Waals surface area (Å²) in [6.07, 6.45) is 5.70. The van der Waals surface area contributed by atoms with Gasteiger partial charge in [-0.3, -0.25) is 9.59 Å². The van der Waals surface area contributed by atoms with E-state index >= 15 is 0 Å². The molecule has 8 nitrogen and oxygen atoms in total. The highest BCUT2D eigenvalue weighted by Crippen LogP contribution is 2.59. The van der Waals surface area contributed by atoms with E-state index in [0.717, 1.165) is 42.9 Å². The van der Waals surface area contributed by atoms with Gasteiger partial charge in [0.1, 0.15) is 5.54 Å². The molecular formula is C25H34N6O2. The fourth-order valence-corrected chi connectivity index (χ4v) is 4.78. The van der Waals surface area contributed by atoms with Gasteiger partial charge in [-0.2, -0.15) is 0 Å². The summed E-state index contributed by atoms with van der Waals surface area (Å²) in [6.45, 7) is 8.31. The molecule has 1 atom stereocenters. The molecule has 2 amide bonds. The van der Waals surface area contributed by atoms with Crippen LogP contribution in [0.15, 0.2) is 36.7 Å². The first-order valence-corrected chi connectivity index (χ1v) is 11.7. The molecule has 1 aromatic heterocycles. The SMILES string of the molecule is CCN(CC)c1ccc(NC(=O)C2(C)CC3(CC3)C(=O)N2Cc2cnc(N(C)C)nc2)cc1. The molecule has 2 fully saturated rings. The highest BCUT2D eigenvalue weighted by Gasteiger charge is 2.65. The largest absolute Gasteiger partial charge is 0.372 e. The van der Waals surface area contributed by atoms with E-state index in [9.17, 15) is 9.59 Å². The smallest absolute Gasteiger partial charge is 0.250 e. The number of nitrogens with zero attached hydrogens (tertiary/aromatic N) is 5. The lowest BCUT2D eigenvalue weighted by molar-refractivity contribution is -0.140. The van der Waals surface area contributed by atoms with Crippen molar-refractivity contribution in [3.63, 3.8) is 0 Å². The molecule has 8 heteroatoms. The van der Waals surface area contributed by atoms with E-state index < -0.39 is 5.54 Å². The Morgan fingerprint density at radius 1 is 1.09 bits per heavy atom. The lowest BCUT2D eigenvalue weighted by Gasteiger charge is -2.34. The predicted octanol–water partition coefficient (Wildman–Crippen LogP) is 3.30. The Balaban J connectivity index is 1.53. The Morgan fingerprint density at radius 3 is 2.21 bits per heavy atom. The maximum atomic E-state index is 13.5. The molecule has 1 saturated heterocycles. The Bertz CT molecular complexity index is 1010. The zero-order valence-corrected chi connectivity index (χ0v) is 20.3. The molecule has 0 radical (unpaired) electrons. The van der Waals surface area contributed by atoms with Gasteiger partial charge in [-0.25, -0.2) is 9.97 Å². The molecule has 1 aliphatic heterocycles. The highest BCUT2D eigenvalue weighted by molar-refractivity contribution is 6.04. The van der Waals surface area contributed by atoms with Crippen molar-refractivity contribution in [1.82, 2.24) is 14.9 Å². The van der Waals surface area contributed by atoms with Crippen molar-refractivity contribution in [1.29, 1.82) is 0 Å². The summed E-state index contributed by atoms with van der Waals surface area (Å²) in [5.41, 5.74) is 1.36. The fourth-order valence-electron chi connectivity index (χ4n) is 4.78. The summed E-state index contributed by atoms with van der Waals surface area (Å²) in [7, 11) is 3.76. The molecule has 2 aliphatic rings. The van der Waals surface area contributed by atoms with E-state index in [0.29, 0.717) is 18.9 Å². The number of hydrogen-bond donors (Lipinski definition) is 1. The minimum atomic E-state index is -0.925. The number of nitrogens with one attached hydrogen (secondary N) is 1. The molecule has 1 unspecified atom stereocenters. The predicted molar refractivity (Wildman–Crippen MR) is 130 cm³/mol. The lowest BCUT2D eigenvalue weighted by atomic mass is 9.91. The van der Waals surface area contributed by atoms with Crippen molar-refractivity contribution in [3.8, 4) is 0 Å². The van der Waals surface area contributed by atoms with Crippen molar-refractivity contribution in [3.05, 3.63) is 42.2 Å². The average molecular weight is 451 g/mol. The van der Waals surface area contributed by atoms with Gasteiger partial charge in [0.05, 0.1) is 5.41 Å². The Labute approximate surface area is 196 Å². The van der Waals surface area contributed by atoms with Gasteiger partial charge >= 0.3 is 0 Å². The lowest BCUT2D eigenvalue weighted by Crippen LogP contribution is -2.51.